The van der Waals surface area contributed by atoms with E-state index in [1.165, 1.54) is 12.5 Å². The number of carbonyl (C=O) groups is 2. The third-order valence-electron chi connectivity index (χ3n) is 6.49. The zero-order valence-corrected chi connectivity index (χ0v) is 19.5. The van der Waals surface area contributed by atoms with Gasteiger partial charge in [0.05, 0.1) is 0 Å². The number of hydrogen-bond donors (Lipinski definition) is 2. The molecule has 0 aromatic heterocycles. The molecule has 0 radical (unpaired) electrons. The number of nitrogens with one attached hydrogen (secondary N) is 1. The fourth-order valence-electron chi connectivity index (χ4n) is 4.70. The summed E-state index contributed by atoms with van der Waals surface area (Å²) in [6.07, 6.45) is 5.74. The minimum Gasteiger partial charge on any atom is -0.480 e. The summed E-state index contributed by atoms with van der Waals surface area (Å²) in [6, 6.07) is 17.7. The van der Waals surface area contributed by atoms with E-state index in [0.29, 0.717) is 34.1 Å². The molecule has 3 aromatic rings. The van der Waals surface area contributed by atoms with Crippen LogP contribution in [0.2, 0.25) is 5.02 Å². The molecule has 0 aliphatic heterocycles. The summed E-state index contributed by atoms with van der Waals surface area (Å²) in [6.45, 7) is 0. The minimum absolute atomic E-state index is 0.256. The molecule has 1 aliphatic rings. The van der Waals surface area contributed by atoms with E-state index in [9.17, 15) is 14.7 Å². The fraction of sp³-hybridized carbons (Fsp3) is 0.286. The van der Waals surface area contributed by atoms with E-state index in [1.54, 1.807) is 30.3 Å². The van der Waals surface area contributed by atoms with Crippen molar-refractivity contribution < 1.29 is 19.1 Å². The first-order valence-electron chi connectivity index (χ1n) is 11.6. The van der Waals surface area contributed by atoms with Crippen molar-refractivity contribution in [1.82, 2.24) is 5.32 Å². The lowest BCUT2D eigenvalue weighted by atomic mass is 9.84. The van der Waals surface area contributed by atoms with Gasteiger partial charge < -0.3 is 10.4 Å². The third-order valence-corrected chi connectivity index (χ3v) is 6.72. The van der Waals surface area contributed by atoms with E-state index in [1.807, 2.05) is 30.3 Å². The molecule has 34 heavy (non-hydrogen) atoms. The molecular formula is C28H27ClFNO3. The van der Waals surface area contributed by atoms with Crippen LogP contribution >= 0.6 is 11.6 Å². The maximum absolute atomic E-state index is 15.0. The van der Waals surface area contributed by atoms with Gasteiger partial charge in [-0.05, 0) is 53.3 Å². The Morgan fingerprint density at radius 2 is 1.68 bits per heavy atom. The van der Waals surface area contributed by atoms with E-state index < -0.39 is 23.7 Å². The number of amides is 1. The number of carboxylic acid groups (broad SMARTS) is 1. The van der Waals surface area contributed by atoms with Crippen molar-refractivity contribution >= 4 is 23.5 Å². The molecule has 1 saturated carbocycles. The van der Waals surface area contributed by atoms with Gasteiger partial charge in [0.25, 0.3) is 5.91 Å². The minimum atomic E-state index is -1.05. The molecule has 1 unspecified atom stereocenters. The number of rotatable bonds is 7. The zero-order valence-electron chi connectivity index (χ0n) is 18.8. The van der Waals surface area contributed by atoms with Crippen molar-refractivity contribution in [2.45, 2.75) is 44.6 Å². The number of benzene rings is 3. The van der Waals surface area contributed by atoms with Gasteiger partial charge >= 0.3 is 5.97 Å². The molecule has 0 saturated heterocycles. The maximum atomic E-state index is 15.0. The second-order valence-electron chi connectivity index (χ2n) is 8.85. The molecule has 1 aliphatic carbocycles. The van der Waals surface area contributed by atoms with Crippen LogP contribution in [0.4, 0.5) is 4.39 Å². The van der Waals surface area contributed by atoms with Crippen LogP contribution in [0.25, 0.3) is 22.3 Å². The highest BCUT2D eigenvalue weighted by Gasteiger charge is 2.27. The Balaban J connectivity index is 1.61. The fourth-order valence-corrected chi connectivity index (χ4v) is 4.87. The predicted octanol–water partition coefficient (Wildman–Crippen LogP) is 6.97. The first-order chi connectivity index (χ1) is 16.4. The van der Waals surface area contributed by atoms with Gasteiger partial charge in [0, 0.05) is 16.1 Å². The van der Waals surface area contributed by atoms with E-state index >= 15 is 4.39 Å². The molecule has 0 bridgehead atoms. The van der Waals surface area contributed by atoms with E-state index in [-0.39, 0.29) is 5.56 Å². The normalized spacial score (nSPS) is 15.0. The van der Waals surface area contributed by atoms with Gasteiger partial charge in [-0.15, -0.1) is 0 Å². The standard InChI is InChI=1S/C28H27ClFNO3/c29-21-12-14-23(27(32)31-26(28(33)34)15-18-7-3-1-4-8-18)24(17-21)20-11-13-22(25(30)16-20)19-9-5-2-6-10-19/h2,5-6,9-14,16-18,26H,1,3-4,7-8,15H2,(H,31,32)(H,33,34). The smallest absolute Gasteiger partial charge is 0.326 e. The monoisotopic (exact) mass is 479 g/mol. The van der Waals surface area contributed by atoms with Gasteiger partial charge in [-0.25, -0.2) is 9.18 Å². The highest BCUT2D eigenvalue weighted by atomic mass is 35.5. The molecule has 4 nitrogen and oxygen atoms in total. The third kappa shape index (κ3) is 5.65. The number of carboxylic acids is 1. The van der Waals surface area contributed by atoms with Crippen molar-refractivity contribution in [2.24, 2.45) is 5.92 Å². The van der Waals surface area contributed by atoms with Gasteiger partial charge in [-0.2, -0.15) is 0 Å². The van der Waals surface area contributed by atoms with Crippen LogP contribution in [0, 0.1) is 11.7 Å². The Bertz CT molecular complexity index is 1180. The van der Waals surface area contributed by atoms with E-state index in [4.69, 9.17) is 11.6 Å². The van der Waals surface area contributed by atoms with Crippen molar-refractivity contribution in [2.75, 3.05) is 0 Å². The van der Waals surface area contributed by atoms with Crippen molar-refractivity contribution in [3.63, 3.8) is 0 Å². The van der Waals surface area contributed by atoms with Gasteiger partial charge in [-0.3, -0.25) is 4.79 Å². The summed E-state index contributed by atoms with van der Waals surface area (Å²) < 4.78 is 15.0. The van der Waals surface area contributed by atoms with Gasteiger partial charge in [0.15, 0.2) is 0 Å². The second kappa shape index (κ2) is 10.8. The van der Waals surface area contributed by atoms with Gasteiger partial charge in [0.1, 0.15) is 11.9 Å². The Morgan fingerprint density at radius 3 is 2.35 bits per heavy atom. The molecule has 2 N–H and O–H groups in total. The van der Waals surface area contributed by atoms with E-state index in [0.717, 1.165) is 31.2 Å². The number of aliphatic carboxylic acids is 1. The molecule has 6 heteroatoms. The van der Waals surface area contributed by atoms with Crippen LogP contribution in [0.15, 0.2) is 66.7 Å². The molecule has 0 heterocycles. The summed E-state index contributed by atoms with van der Waals surface area (Å²) >= 11 is 6.20. The zero-order chi connectivity index (χ0) is 24.1. The quantitative estimate of drug-likeness (QED) is 0.384. The second-order valence-corrected chi connectivity index (χ2v) is 9.29. The highest BCUT2D eigenvalue weighted by molar-refractivity contribution is 6.31. The number of halogens is 2. The summed E-state index contributed by atoms with van der Waals surface area (Å²) in [7, 11) is 0. The van der Waals surface area contributed by atoms with Crippen LogP contribution in [0.1, 0.15) is 48.9 Å². The lowest BCUT2D eigenvalue weighted by Gasteiger charge is -2.25. The Labute approximate surface area is 203 Å². The molecule has 3 aromatic carbocycles. The molecule has 4 rings (SSSR count). The van der Waals surface area contributed by atoms with Crippen molar-refractivity contribution in [3.8, 4) is 22.3 Å². The Morgan fingerprint density at radius 1 is 0.941 bits per heavy atom. The van der Waals surface area contributed by atoms with Gasteiger partial charge in [-0.1, -0.05) is 86.2 Å². The van der Waals surface area contributed by atoms with E-state index in [2.05, 4.69) is 5.32 Å². The number of carbonyl (C=O) groups excluding carboxylic acids is 1. The summed E-state index contributed by atoms with van der Waals surface area (Å²) in [5, 5.41) is 12.8. The average Bonchev–Trinajstić information content (AvgIpc) is 2.84. The molecule has 1 amide bonds. The van der Waals surface area contributed by atoms with Crippen LogP contribution in [0.3, 0.4) is 0 Å². The van der Waals surface area contributed by atoms with Crippen molar-refractivity contribution in [3.05, 3.63) is 83.1 Å². The first kappa shape index (κ1) is 24.0. The first-order valence-corrected chi connectivity index (χ1v) is 12.0. The lowest BCUT2D eigenvalue weighted by molar-refractivity contribution is -0.139. The van der Waals surface area contributed by atoms with Gasteiger partial charge in [0.2, 0.25) is 0 Å². The molecule has 0 spiro atoms. The summed E-state index contributed by atoms with van der Waals surface area (Å²) in [5.74, 6) is -1.69. The average molecular weight is 480 g/mol. The SMILES string of the molecule is O=C(NC(CC1CCCCC1)C(=O)O)c1ccc(Cl)cc1-c1ccc(-c2ccccc2)c(F)c1. The van der Waals surface area contributed by atoms with Crippen LogP contribution in [0.5, 0.6) is 0 Å². The lowest BCUT2D eigenvalue weighted by Crippen LogP contribution is -2.42. The Hall–Kier alpha value is -3.18. The Kier molecular flexibility index (Phi) is 7.63. The van der Waals surface area contributed by atoms with Crippen LogP contribution in [-0.4, -0.2) is 23.0 Å². The largest absolute Gasteiger partial charge is 0.480 e. The summed E-state index contributed by atoms with van der Waals surface area (Å²) in [4.78, 5) is 25.0. The summed E-state index contributed by atoms with van der Waals surface area (Å²) in [5.41, 5.74) is 2.40. The topological polar surface area (TPSA) is 66.4 Å². The van der Waals surface area contributed by atoms with Crippen LogP contribution < -0.4 is 5.32 Å². The van der Waals surface area contributed by atoms with Crippen LogP contribution in [-0.2, 0) is 4.79 Å². The molecule has 176 valence electrons. The predicted molar refractivity (Wildman–Crippen MR) is 132 cm³/mol. The molecule has 1 atom stereocenters. The number of hydrogen-bond acceptors (Lipinski definition) is 2. The highest BCUT2D eigenvalue weighted by Crippen LogP contribution is 2.32. The molecule has 1 fully saturated rings. The maximum Gasteiger partial charge on any atom is 0.326 e. The molecular weight excluding hydrogens is 453 g/mol. The van der Waals surface area contributed by atoms with Crippen molar-refractivity contribution in [1.29, 1.82) is 0 Å².